The highest BCUT2D eigenvalue weighted by Crippen LogP contribution is 2.31. The molecule has 0 saturated heterocycles. The van der Waals surface area contributed by atoms with E-state index in [-0.39, 0.29) is 12.3 Å². The molecule has 3 N–H and O–H groups in total. The number of aromatic nitrogens is 8. The number of rotatable bonds is 9. The minimum absolute atomic E-state index is 0.280. The van der Waals surface area contributed by atoms with E-state index in [2.05, 4.69) is 86.5 Å². The maximum atomic E-state index is 11.2. The molecule has 0 aliphatic rings. The fraction of sp³-hybridized carbons (Fsp3) is 0.200. The maximum Gasteiger partial charge on any atom is 0.219 e. The van der Waals surface area contributed by atoms with E-state index >= 15 is 0 Å². The predicted molar refractivity (Wildman–Crippen MR) is 153 cm³/mol. The first-order valence-electron chi connectivity index (χ1n) is 13.2. The van der Waals surface area contributed by atoms with Gasteiger partial charge in [0, 0.05) is 43.3 Å². The van der Waals surface area contributed by atoms with Crippen LogP contribution in [0.15, 0.2) is 73.2 Å². The van der Waals surface area contributed by atoms with Gasteiger partial charge in [-0.15, -0.1) is 10.2 Å². The first-order valence-corrected chi connectivity index (χ1v) is 13.2. The largest absolute Gasteiger partial charge is 0.370 e. The van der Waals surface area contributed by atoms with Crippen molar-refractivity contribution in [3.05, 3.63) is 90.1 Å². The number of carbonyl (C=O) groups excluding carboxylic acids is 1. The Kier molecular flexibility index (Phi) is 6.65. The summed E-state index contributed by atoms with van der Waals surface area (Å²) in [6.07, 6.45) is 4.80. The van der Waals surface area contributed by atoms with E-state index in [9.17, 15) is 4.79 Å². The van der Waals surface area contributed by atoms with Crippen LogP contribution in [0, 0.1) is 6.92 Å². The summed E-state index contributed by atoms with van der Waals surface area (Å²) in [4.78, 5) is 20.8. The summed E-state index contributed by atoms with van der Waals surface area (Å²) in [5.74, 6) is 1.28. The molecule has 0 bridgehead atoms. The number of aryl methyl sites for hydroxylation is 3. The molecule has 0 aliphatic carbocycles. The molecule has 6 aromatic rings. The van der Waals surface area contributed by atoms with Crippen LogP contribution in [0.1, 0.15) is 30.3 Å². The van der Waals surface area contributed by atoms with Crippen LogP contribution in [0.5, 0.6) is 0 Å². The summed E-state index contributed by atoms with van der Waals surface area (Å²) in [6, 6.07) is 20.9. The molecule has 0 atom stereocenters. The normalized spacial score (nSPS) is 11.3. The Hall–Kier alpha value is -5.12. The number of aromatic amines is 1. The molecule has 0 spiro atoms. The third-order valence-electron chi connectivity index (χ3n) is 7.10. The summed E-state index contributed by atoms with van der Waals surface area (Å²) < 4.78 is 4.19. The quantitative estimate of drug-likeness (QED) is 0.281. The van der Waals surface area contributed by atoms with Crippen LogP contribution < -0.4 is 5.73 Å². The zero-order chi connectivity index (χ0) is 27.6. The average molecular weight is 532 g/mol. The van der Waals surface area contributed by atoms with Crippen molar-refractivity contribution < 1.29 is 4.79 Å². The van der Waals surface area contributed by atoms with E-state index in [4.69, 9.17) is 10.7 Å². The highest BCUT2D eigenvalue weighted by atomic mass is 16.1. The van der Waals surface area contributed by atoms with E-state index in [1.54, 1.807) is 6.33 Å². The summed E-state index contributed by atoms with van der Waals surface area (Å²) >= 11 is 0. The number of benzene rings is 3. The Balaban J connectivity index is 1.32. The number of nitrogens with two attached hydrogens (primary N) is 1. The van der Waals surface area contributed by atoms with Crippen LogP contribution in [0.25, 0.3) is 44.8 Å². The van der Waals surface area contributed by atoms with Crippen molar-refractivity contribution in [3.8, 4) is 33.8 Å². The number of nitrogens with zero attached hydrogens (tertiary/aromatic N) is 7. The lowest BCUT2D eigenvalue weighted by molar-refractivity contribution is -0.118. The minimum atomic E-state index is -0.326. The Labute approximate surface area is 230 Å². The van der Waals surface area contributed by atoms with E-state index in [1.807, 2.05) is 29.0 Å². The van der Waals surface area contributed by atoms with E-state index in [0.29, 0.717) is 18.9 Å². The maximum absolute atomic E-state index is 11.2. The molecule has 3 heterocycles. The molecular weight excluding hydrogens is 502 g/mol. The molecule has 0 aliphatic heterocycles. The highest BCUT2D eigenvalue weighted by molar-refractivity contribution is 5.85. The molecule has 40 heavy (non-hydrogen) atoms. The van der Waals surface area contributed by atoms with Gasteiger partial charge in [0.15, 0.2) is 0 Å². The summed E-state index contributed by atoms with van der Waals surface area (Å²) in [5, 5.41) is 14.6. The lowest BCUT2D eigenvalue weighted by Gasteiger charge is -2.11. The molecular formula is C30H29N9O. The number of carbonyl (C=O) groups is 1. The van der Waals surface area contributed by atoms with Crippen LogP contribution in [0.2, 0.25) is 0 Å². The van der Waals surface area contributed by atoms with Gasteiger partial charge in [0.1, 0.15) is 5.82 Å². The first kappa shape index (κ1) is 25.2. The molecule has 0 radical (unpaired) electrons. The summed E-state index contributed by atoms with van der Waals surface area (Å²) in [5.41, 5.74) is 14.6. The monoisotopic (exact) mass is 531 g/mol. The summed E-state index contributed by atoms with van der Waals surface area (Å²) in [7, 11) is 0. The molecule has 200 valence electrons. The molecule has 1 amide bonds. The second-order valence-corrected chi connectivity index (χ2v) is 9.82. The van der Waals surface area contributed by atoms with Gasteiger partial charge >= 0.3 is 0 Å². The molecule has 3 aromatic heterocycles. The molecule has 0 unspecified atom stereocenters. The smallest absolute Gasteiger partial charge is 0.219 e. The third kappa shape index (κ3) is 4.86. The molecule has 10 nitrogen and oxygen atoms in total. The lowest BCUT2D eigenvalue weighted by atomic mass is 9.98. The van der Waals surface area contributed by atoms with Gasteiger partial charge in [0.05, 0.1) is 23.1 Å². The number of nitrogens with one attached hydrogen (secondary N) is 1. The standard InChI is InChI=1S/C30H29N9O/c1-3-28-33-29-19(2)14-22(25-17-38(18-32-25)13-12-27(31)40)15-26(29)39(28)16-20-8-10-21(11-9-20)23-6-4-5-7-24(23)30-34-36-37-35-30/h4-11,14-15,17-18H,3,12-13,16H2,1-2H3,(H2,31,40)(H,34,35,36,37). The molecule has 3 aromatic carbocycles. The lowest BCUT2D eigenvalue weighted by Crippen LogP contribution is -2.13. The van der Waals surface area contributed by atoms with Crippen molar-refractivity contribution in [3.63, 3.8) is 0 Å². The SMILES string of the molecule is CCc1nc2c(C)cc(-c3cn(CCC(N)=O)cn3)cc2n1Cc1ccc(-c2ccccc2-c2nn[nH]n2)cc1. The van der Waals surface area contributed by atoms with Crippen LogP contribution in [0.3, 0.4) is 0 Å². The van der Waals surface area contributed by atoms with Crippen LogP contribution in [0.4, 0.5) is 0 Å². The summed E-state index contributed by atoms with van der Waals surface area (Å²) in [6.45, 7) is 5.43. The number of amides is 1. The van der Waals surface area contributed by atoms with Crippen molar-refractivity contribution in [1.29, 1.82) is 0 Å². The first-order chi connectivity index (χ1) is 19.5. The van der Waals surface area contributed by atoms with Gasteiger partial charge in [-0.1, -0.05) is 55.5 Å². The Morgan fingerprint density at radius 1 is 1.02 bits per heavy atom. The van der Waals surface area contributed by atoms with Gasteiger partial charge in [0.2, 0.25) is 11.7 Å². The number of imidazole rings is 2. The second-order valence-electron chi connectivity index (χ2n) is 9.82. The zero-order valence-corrected chi connectivity index (χ0v) is 22.4. The van der Waals surface area contributed by atoms with Crippen molar-refractivity contribution >= 4 is 16.9 Å². The van der Waals surface area contributed by atoms with Gasteiger partial charge in [0.25, 0.3) is 0 Å². The molecule has 0 saturated carbocycles. The molecule has 0 fully saturated rings. The Morgan fingerprint density at radius 3 is 2.55 bits per heavy atom. The number of hydrogen-bond acceptors (Lipinski definition) is 6. The molecule has 6 rings (SSSR count). The fourth-order valence-electron chi connectivity index (χ4n) is 5.08. The number of hydrogen-bond donors (Lipinski definition) is 2. The third-order valence-corrected chi connectivity index (χ3v) is 7.10. The van der Waals surface area contributed by atoms with Gasteiger partial charge in [-0.2, -0.15) is 5.21 Å². The van der Waals surface area contributed by atoms with E-state index < -0.39 is 0 Å². The van der Waals surface area contributed by atoms with Gasteiger partial charge in [-0.3, -0.25) is 4.79 Å². The highest BCUT2D eigenvalue weighted by Gasteiger charge is 2.16. The van der Waals surface area contributed by atoms with Crippen molar-refractivity contribution in [2.24, 2.45) is 5.73 Å². The van der Waals surface area contributed by atoms with Crippen molar-refractivity contribution in [2.45, 2.75) is 39.8 Å². The Bertz CT molecular complexity index is 1800. The van der Waals surface area contributed by atoms with Crippen LogP contribution in [-0.4, -0.2) is 45.6 Å². The Morgan fingerprint density at radius 2 is 1.82 bits per heavy atom. The van der Waals surface area contributed by atoms with E-state index in [0.717, 1.165) is 56.8 Å². The van der Waals surface area contributed by atoms with Gasteiger partial charge < -0.3 is 14.9 Å². The van der Waals surface area contributed by atoms with Gasteiger partial charge in [-0.05, 0) is 46.5 Å². The zero-order valence-electron chi connectivity index (χ0n) is 22.4. The second kappa shape index (κ2) is 10.6. The number of fused-ring (bicyclic) bond motifs is 1. The van der Waals surface area contributed by atoms with Crippen LogP contribution >= 0.6 is 0 Å². The predicted octanol–water partition coefficient (Wildman–Crippen LogP) is 4.54. The topological polar surface area (TPSA) is 133 Å². The van der Waals surface area contributed by atoms with Crippen LogP contribution in [-0.2, 0) is 24.3 Å². The van der Waals surface area contributed by atoms with Gasteiger partial charge in [-0.25, -0.2) is 9.97 Å². The fourth-order valence-corrected chi connectivity index (χ4v) is 5.08. The number of primary amides is 1. The van der Waals surface area contributed by atoms with E-state index in [1.165, 1.54) is 5.56 Å². The average Bonchev–Trinajstić information content (AvgIpc) is 3.73. The molecule has 10 heteroatoms. The number of H-pyrrole nitrogens is 1. The van der Waals surface area contributed by atoms with Crippen molar-refractivity contribution in [1.82, 2.24) is 39.7 Å². The minimum Gasteiger partial charge on any atom is -0.370 e. The van der Waals surface area contributed by atoms with Crippen molar-refractivity contribution in [2.75, 3.05) is 0 Å². The number of tetrazole rings is 1.